The molecule has 0 saturated carbocycles. The van der Waals surface area contributed by atoms with E-state index in [4.69, 9.17) is 9.47 Å². The summed E-state index contributed by atoms with van der Waals surface area (Å²) in [5, 5.41) is 39.0. The van der Waals surface area contributed by atoms with Crippen molar-refractivity contribution in [2.75, 3.05) is 33.0 Å². The highest BCUT2D eigenvalue weighted by molar-refractivity contribution is 5.03. The summed E-state index contributed by atoms with van der Waals surface area (Å²) in [5.74, 6) is 0. The standard InChI is InChI=1S/C11H20O6/c12-5-10(6-13,7-14)11(15,1-8-3-16-8)2-9-4-17-9/h8-9,12-15H,1-7H2. The normalized spacial score (nSPS) is 31.1. The molecule has 100 valence electrons. The maximum absolute atomic E-state index is 10.7. The van der Waals surface area contributed by atoms with Crippen LogP contribution in [0.2, 0.25) is 0 Å². The van der Waals surface area contributed by atoms with Gasteiger partial charge in [-0.2, -0.15) is 0 Å². The molecule has 2 atom stereocenters. The molecule has 0 aromatic heterocycles. The number of hydrogen-bond donors (Lipinski definition) is 4. The van der Waals surface area contributed by atoms with Gasteiger partial charge in [-0.3, -0.25) is 0 Å². The number of ether oxygens (including phenoxy) is 2. The van der Waals surface area contributed by atoms with Crippen LogP contribution in [0.5, 0.6) is 0 Å². The van der Waals surface area contributed by atoms with Crippen molar-refractivity contribution in [3.8, 4) is 0 Å². The third-order valence-electron chi connectivity index (χ3n) is 3.83. The Morgan fingerprint density at radius 1 is 0.882 bits per heavy atom. The average Bonchev–Trinajstić information content (AvgIpc) is 3.18. The SMILES string of the molecule is OCC(CO)(CO)C(O)(CC1CO1)CC1CO1. The molecule has 0 radical (unpaired) electrons. The maximum Gasteiger partial charge on any atom is 0.0837 e. The lowest BCUT2D eigenvalue weighted by Crippen LogP contribution is -2.57. The lowest BCUT2D eigenvalue weighted by molar-refractivity contribution is -0.164. The van der Waals surface area contributed by atoms with Gasteiger partial charge in [0.15, 0.2) is 0 Å². The summed E-state index contributed by atoms with van der Waals surface area (Å²) in [7, 11) is 0. The minimum atomic E-state index is -1.37. The molecule has 0 bridgehead atoms. The molecule has 6 heteroatoms. The van der Waals surface area contributed by atoms with E-state index in [1.807, 2.05) is 0 Å². The molecule has 2 aliphatic heterocycles. The van der Waals surface area contributed by atoms with Gasteiger partial charge in [0, 0.05) is 12.8 Å². The Hall–Kier alpha value is -0.240. The Labute approximate surface area is 99.8 Å². The van der Waals surface area contributed by atoms with Crippen LogP contribution in [-0.2, 0) is 9.47 Å². The number of hydrogen-bond acceptors (Lipinski definition) is 6. The van der Waals surface area contributed by atoms with Crippen LogP contribution >= 0.6 is 0 Å². The van der Waals surface area contributed by atoms with Gasteiger partial charge < -0.3 is 29.9 Å². The quantitative estimate of drug-likeness (QED) is 0.380. The van der Waals surface area contributed by atoms with Crippen molar-refractivity contribution < 1.29 is 29.9 Å². The lowest BCUT2D eigenvalue weighted by Gasteiger charge is -2.44. The van der Waals surface area contributed by atoms with Crippen molar-refractivity contribution in [1.29, 1.82) is 0 Å². The van der Waals surface area contributed by atoms with Crippen LogP contribution in [0.1, 0.15) is 12.8 Å². The molecule has 2 saturated heterocycles. The Morgan fingerprint density at radius 2 is 1.24 bits per heavy atom. The van der Waals surface area contributed by atoms with Gasteiger partial charge in [0.2, 0.25) is 0 Å². The summed E-state index contributed by atoms with van der Waals surface area (Å²) in [5.41, 5.74) is -2.68. The first-order chi connectivity index (χ1) is 8.09. The Bertz CT molecular complexity index is 234. The third-order valence-corrected chi connectivity index (χ3v) is 3.83. The Balaban J connectivity index is 2.14. The van der Waals surface area contributed by atoms with E-state index in [1.54, 1.807) is 0 Å². The fourth-order valence-corrected chi connectivity index (χ4v) is 2.23. The van der Waals surface area contributed by atoms with E-state index in [0.29, 0.717) is 26.1 Å². The van der Waals surface area contributed by atoms with Crippen molar-refractivity contribution in [2.45, 2.75) is 30.7 Å². The first kappa shape index (κ1) is 13.2. The van der Waals surface area contributed by atoms with Crippen molar-refractivity contribution in [2.24, 2.45) is 5.41 Å². The van der Waals surface area contributed by atoms with Crippen LogP contribution in [0.3, 0.4) is 0 Å². The average molecular weight is 248 g/mol. The maximum atomic E-state index is 10.7. The zero-order valence-corrected chi connectivity index (χ0v) is 9.71. The zero-order chi connectivity index (χ0) is 12.5. The summed E-state index contributed by atoms with van der Waals surface area (Å²) in [6, 6.07) is 0. The van der Waals surface area contributed by atoms with Gasteiger partial charge in [-0.25, -0.2) is 0 Å². The van der Waals surface area contributed by atoms with E-state index in [9.17, 15) is 20.4 Å². The summed E-state index contributed by atoms with van der Waals surface area (Å²) in [6.07, 6.45) is 0.494. The fraction of sp³-hybridized carbons (Fsp3) is 1.00. The highest BCUT2D eigenvalue weighted by Crippen LogP contribution is 2.42. The third kappa shape index (κ3) is 2.62. The molecule has 0 amide bonds. The lowest BCUT2D eigenvalue weighted by atomic mass is 9.68. The van der Waals surface area contributed by atoms with Crippen LogP contribution < -0.4 is 0 Å². The number of epoxide rings is 2. The summed E-state index contributed by atoms with van der Waals surface area (Å²) >= 11 is 0. The van der Waals surface area contributed by atoms with E-state index in [2.05, 4.69) is 0 Å². The Morgan fingerprint density at radius 3 is 1.47 bits per heavy atom. The van der Waals surface area contributed by atoms with Crippen molar-refractivity contribution in [1.82, 2.24) is 0 Å². The number of aliphatic hydroxyl groups is 4. The molecule has 0 aromatic rings. The molecule has 0 aliphatic carbocycles. The van der Waals surface area contributed by atoms with Gasteiger partial charge in [0.1, 0.15) is 0 Å². The number of rotatable bonds is 8. The summed E-state index contributed by atoms with van der Waals surface area (Å²) in [6.45, 7) is -0.278. The van der Waals surface area contributed by atoms with Gasteiger partial charge >= 0.3 is 0 Å². The van der Waals surface area contributed by atoms with Crippen LogP contribution in [0.4, 0.5) is 0 Å². The van der Waals surface area contributed by atoms with Crippen LogP contribution in [0, 0.1) is 5.41 Å². The van der Waals surface area contributed by atoms with Crippen molar-refractivity contribution in [3.63, 3.8) is 0 Å². The largest absolute Gasteiger partial charge is 0.395 e. The van der Waals surface area contributed by atoms with E-state index in [1.165, 1.54) is 0 Å². The molecule has 2 rings (SSSR count). The predicted octanol–water partition coefficient (Wildman–Crippen LogP) is -1.74. The van der Waals surface area contributed by atoms with Crippen molar-refractivity contribution in [3.05, 3.63) is 0 Å². The van der Waals surface area contributed by atoms with Crippen molar-refractivity contribution >= 4 is 0 Å². The first-order valence-electron chi connectivity index (χ1n) is 5.87. The second-order valence-electron chi connectivity index (χ2n) is 5.11. The second-order valence-corrected chi connectivity index (χ2v) is 5.11. The Kier molecular flexibility index (Phi) is 3.72. The van der Waals surface area contributed by atoms with Crippen LogP contribution in [0.25, 0.3) is 0 Å². The molecule has 0 spiro atoms. The van der Waals surface area contributed by atoms with E-state index >= 15 is 0 Å². The molecule has 17 heavy (non-hydrogen) atoms. The highest BCUT2D eigenvalue weighted by atomic mass is 16.6. The second kappa shape index (κ2) is 4.79. The van der Waals surface area contributed by atoms with Gasteiger partial charge in [-0.1, -0.05) is 0 Å². The van der Waals surface area contributed by atoms with E-state index < -0.39 is 30.8 Å². The van der Waals surface area contributed by atoms with Gasteiger partial charge in [-0.15, -0.1) is 0 Å². The molecule has 2 aliphatic rings. The molecule has 4 N–H and O–H groups in total. The number of aliphatic hydroxyl groups excluding tert-OH is 3. The van der Waals surface area contributed by atoms with Crippen LogP contribution in [-0.4, -0.2) is 71.3 Å². The van der Waals surface area contributed by atoms with Gasteiger partial charge in [0.05, 0.1) is 56.3 Å². The first-order valence-corrected chi connectivity index (χ1v) is 5.87. The topological polar surface area (TPSA) is 106 Å². The summed E-state index contributed by atoms with van der Waals surface area (Å²) < 4.78 is 10.2. The highest BCUT2D eigenvalue weighted by Gasteiger charge is 2.54. The molecular weight excluding hydrogens is 228 g/mol. The minimum absolute atomic E-state index is 0.0530. The molecule has 2 fully saturated rings. The minimum Gasteiger partial charge on any atom is -0.395 e. The predicted molar refractivity (Wildman–Crippen MR) is 57.4 cm³/mol. The van der Waals surface area contributed by atoms with E-state index in [-0.39, 0.29) is 12.2 Å². The van der Waals surface area contributed by atoms with Gasteiger partial charge in [-0.05, 0) is 0 Å². The zero-order valence-electron chi connectivity index (χ0n) is 9.71. The summed E-state index contributed by atoms with van der Waals surface area (Å²) in [4.78, 5) is 0. The molecule has 0 aromatic carbocycles. The van der Waals surface area contributed by atoms with E-state index in [0.717, 1.165) is 0 Å². The smallest absolute Gasteiger partial charge is 0.0837 e. The van der Waals surface area contributed by atoms with Crippen LogP contribution in [0.15, 0.2) is 0 Å². The fourth-order valence-electron chi connectivity index (χ4n) is 2.23. The monoisotopic (exact) mass is 248 g/mol. The molecule has 6 nitrogen and oxygen atoms in total. The molecular formula is C11H20O6. The molecule has 2 unspecified atom stereocenters. The molecule has 2 heterocycles. The van der Waals surface area contributed by atoms with Gasteiger partial charge in [0.25, 0.3) is 0 Å².